The number of aromatic nitrogens is 2. The minimum absolute atomic E-state index is 0.463. The maximum absolute atomic E-state index is 4.17. The van der Waals surface area contributed by atoms with E-state index < -0.39 is 0 Å². The summed E-state index contributed by atoms with van der Waals surface area (Å²) in [5.74, 6) is 0.906. The van der Waals surface area contributed by atoms with Crippen LogP contribution in [0.1, 0.15) is 6.92 Å². The molecule has 4 heteroatoms. The van der Waals surface area contributed by atoms with E-state index in [1.54, 1.807) is 18.6 Å². The molecular formula is C8H12BrN3. The second-order valence-electron chi connectivity index (χ2n) is 2.72. The van der Waals surface area contributed by atoms with Crippen LogP contribution in [0.5, 0.6) is 0 Å². The average molecular weight is 230 g/mol. The second-order valence-corrected chi connectivity index (χ2v) is 4.29. The summed E-state index contributed by atoms with van der Waals surface area (Å²) in [5, 5.41) is 0. The first kappa shape index (κ1) is 9.45. The third kappa shape index (κ3) is 2.77. The van der Waals surface area contributed by atoms with Gasteiger partial charge >= 0.3 is 0 Å². The molecule has 1 unspecified atom stereocenters. The topological polar surface area (TPSA) is 29.0 Å². The van der Waals surface area contributed by atoms with E-state index in [-0.39, 0.29) is 0 Å². The van der Waals surface area contributed by atoms with Crippen LogP contribution in [0.3, 0.4) is 0 Å². The smallest absolute Gasteiger partial charge is 0.146 e. The van der Waals surface area contributed by atoms with Gasteiger partial charge in [-0.2, -0.15) is 0 Å². The van der Waals surface area contributed by atoms with Crippen molar-refractivity contribution < 1.29 is 0 Å². The molecule has 1 aromatic heterocycles. The van der Waals surface area contributed by atoms with Crippen LogP contribution in [-0.2, 0) is 0 Å². The Balaban J connectivity index is 2.59. The van der Waals surface area contributed by atoms with Gasteiger partial charge in [0.2, 0.25) is 0 Å². The summed E-state index contributed by atoms with van der Waals surface area (Å²) in [5.41, 5.74) is 0. The third-order valence-electron chi connectivity index (χ3n) is 1.47. The van der Waals surface area contributed by atoms with Gasteiger partial charge in [0.1, 0.15) is 5.82 Å². The van der Waals surface area contributed by atoms with Crippen LogP contribution in [-0.4, -0.2) is 28.4 Å². The molecule has 66 valence electrons. The first-order valence-electron chi connectivity index (χ1n) is 3.81. The highest BCUT2D eigenvalue weighted by molar-refractivity contribution is 9.09. The lowest BCUT2D eigenvalue weighted by Crippen LogP contribution is -2.24. The molecule has 0 aliphatic rings. The van der Waals surface area contributed by atoms with E-state index >= 15 is 0 Å². The predicted octanol–water partition coefficient (Wildman–Crippen LogP) is 1.70. The molecule has 0 fully saturated rings. The van der Waals surface area contributed by atoms with Crippen LogP contribution in [0.15, 0.2) is 18.6 Å². The molecular weight excluding hydrogens is 218 g/mol. The van der Waals surface area contributed by atoms with Crippen molar-refractivity contribution in [2.75, 3.05) is 18.5 Å². The van der Waals surface area contributed by atoms with Crippen LogP contribution in [0.25, 0.3) is 0 Å². The molecule has 0 aliphatic carbocycles. The van der Waals surface area contributed by atoms with Crippen LogP contribution >= 0.6 is 15.9 Å². The Morgan fingerprint density at radius 1 is 1.58 bits per heavy atom. The summed E-state index contributed by atoms with van der Waals surface area (Å²) in [6.45, 7) is 3.03. The molecule has 0 aliphatic heterocycles. The van der Waals surface area contributed by atoms with Crippen molar-refractivity contribution in [2.24, 2.45) is 0 Å². The first-order chi connectivity index (χ1) is 5.70. The lowest BCUT2D eigenvalue weighted by atomic mass is 10.4. The van der Waals surface area contributed by atoms with Gasteiger partial charge in [-0.25, -0.2) is 4.98 Å². The molecule has 0 aromatic carbocycles. The van der Waals surface area contributed by atoms with E-state index in [4.69, 9.17) is 0 Å². The van der Waals surface area contributed by atoms with Gasteiger partial charge in [-0.05, 0) is 0 Å². The van der Waals surface area contributed by atoms with Gasteiger partial charge in [0.25, 0.3) is 0 Å². The third-order valence-corrected chi connectivity index (χ3v) is 1.76. The molecule has 0 N–H and O–H groups in total. The molecule has 0 bridgehead atoms. The standard InChI is InChI=1S/C8H12BrN3/c1-7(9)6-12(2)8-5-10-3-4-11-8/h3-5,7H,6H2,1-2H3. The quantitative estimate of drug-likeness (QED) is 0.740. The zero-order valence-corrected chi connectivity index (χ0v) is 8.82. The minimum atomic E-state index is 0.463. The van der Waals surface area contributed by atoms with Crippen molar-refractivity contribution in [1.29, 1.82) is 0 Å². The Labute approximate surface area is 81.0 Å². The molecule has 12 heavy (non-hydrogen) atoms. The summed E-state index contributed by atoms with van der Waals surface area (Å²) >= 11 is 3.48. The highest BCUT2D eigenvalue weighted by Crippen LogP contribution is 2.08. The number of rotatable bonds is 3. The fourth-order valence-electron chi connectivity index (χ4n) is 0.959. The summed E-state index contributed by atoms with van der Waals surface area (Å²) in [4.78, 5) is 10.7. The van der Waals surface area contributed by atoms with Crippen LogP contribution < -0.4 is 4.90 Å². The number of hydrogen-bond acceptors (Lipinski definition) is 3. The fraction of sp³-hybridized carbons (Fsp3) is 0.500. The molecule has 1 atom stereocenters. The summed E-state index contributed by atoms with van der Waals surface area (Å²) in [6, 6.07) is 0. The monoisotopic (exact) mass is 229 g/mol. The molecule has 0 saturated heterocycles. The number of anilines is 1. The molecule has 1 heterocycles. The highest BCUT2D eigenvalue weighted by Gasteiger charge is 2.04. The number of alkyl halides is 1. The van der Waals surface area contributed by atoms with E-state index in [0.717, 1.165) is 12.4 Å². The van der Waals surface area contributed by atoms with Gasteiger partial charge in [0.15, 0.2) is 0 Å². The van der Waals surface area contributed by atoms with Gasteiger partial charge in [0, 0.05) is 30.8 Å². The normalized spacial score (nSPS) is 12.6. The second kappa shape index (κ2) is 4.40. The van der Waals surface area contributed by atoms with Crippen molar-refractivity contribution in [1.82, 2.24) is 9.97 Å². The van der Waals surface area contributed by atoms with E-state index in [1.165, 1.54) is 0 Å². The van der Waals surface area contributed by atoms with E-state index in [2.05, 4.69) is 37.7 Å². The Kier molecular flexibility index (Phi) is 3.47. The number of hydrogen-bond donors (Lipinski definition) is 0. The molecule has 1 aromatic rings. The average Bonchev–Trinajstić information content (AvgIpc) is 2.05. The van der Waals surface area contributed by atoms with Crippen molar-refractivity contribution in [3.05, 3.63) is 18.6 Å². The van der Waals surface area contributed by atoms with Crippen LogP contribution in [0.4, 0.5) is 5.82 Å². The highest BCUT2D eigenvalue weighted by atomic mass is 79.9. The Morgan fingerprint density at radius 2 is 2.33 bits per heavy atom. The molecule has 1 rings (SSSR count). The zero-order valence-electron chi connectivity index (χ0n) is 7.24. The zero-order chi connectivity index (χ0) is 8.97. The minimum Gasteiger partial charge on any atom is -0.357 e. The summed E-state index contributed by atoms with van der Waals surface area (Å²) < 4.78 is 0. The van der Waals surface area contributed by atoms with Gasteiger partial charge in [-0.15, -0.1) is 0 Å². The lowest BCUT2D eigenvalue weighted by Gasteiger charge is -2.18. The molecule has 0 spiro atoms. The van der Waals surface area contributed by atoms with Crippen molar-refractivity contribution in [3.63, 3.8) is 0 Å². The molecule has 0 saturated carbocycles. The van der Waals surface area contributed by atoms with E-state index in [1.807, 2.05) is 7.05 Å². The number of halogens is 1. The lowest BCUT2D eigenvalue weighted by molar-refractivity contribution is 0.855. The Morgan fingerprint density at radius 3 is 2.83 bits per heavy atom. The van der Waals surface area contributed by atoms with Gasteiger partial charge in [0.05, 0.1) is 6.20 Å². The van der Waals surface area contributed by atoms with E-state index in [0.29, 0.717) is 4.83 Å². The maximum Gasteiger partial charge on any atom is 0.146 e. The van der Waals surface area contributed by atoms with Gasteiger partial charge in [-0.1, -0.05) is 22.9 Å². The summed E-state index contributed by atoms with van der Waals surface area (Å²) in [7, 11) is 2.00. The fourth-order valence-corrected chi connectivity index (χ4v) is 1.39. The van der Waals surface area contributed by atoms with Crippen molar-refractivity contribution >= 4 is 21.7 Å². The first-order valence-corrected chi connectivity index (χ1v) is 4.73. The number of nitrogens with zero attached hydrogens (tertiary/aromatic N) is 3. The Bertz CT molecular complexity index is 225. The molecule has 3 nitrogen and oxygen atoms in total. The summed E-state index contributed by atoms with van der Waals surface area (Å²) in [6.07, 6.45) is 5.13. The largest absolute Gasteiger partial charge is 0.357 e. The van der Waals surface area contributed by atoms with Crippen LogP contribution in [0.2, 0.25) is 0 Å². The predicted molar refractivity (Wildman–Crippen MR) is 53.7 cm³/mol. The SMILES string of the molecule is CC(Br)CN(C)c1cnccn1. The van der Waals surface area contributed by atoms with Gasteiger partial charge < -0.3 is 4.90 Å². The molecule has 0 radical (unpaired) electrons. The van der Waals surface area contributed by atoms with E-state index in [9.17, 15) is 0 Å². The van der Waals surface area contributed by atoms with Crippen molar-refractivity contribution in [3.8, 4) is 0 Å². The maximum atomic E-state index is 4.17. The molecule has 0 amide bonds. The van der Waals surface area contributed by atoms with Crippen LogP contribution in [0, 0.1) is 0 Å². The van der Waals surface area contributed by atoms with Gasteiger partial charge in [-0.3, -0.25) is 4.98 Å². The Hall–Kier alpha value is -0.640. The van der Waals surface area contributed by atoms with Crippen molar-refractivity contribution in [2.45, 2.75) is 11.8 Å².